The van der Waals surface area contributed by atoms with Gasteiger partial charge in [0.2, 0.25) is 0 Å². The lowest BCUT2D eigenvalue weighted by atomic mass is 9.81. The molecular weight excluding hydrogens is 364 g/mol. The van der Waals surface area contributed by atoms with Crippen LogP contribution in [-0.4, -0.2) is 13.1 Å². The molecule has 2 heteroatoms. The van der Waals surface area contributed by atoms with Gasteiger partial charge < -0.3 is 10.6 Å². The molecule has 168 valence electrons. The fourth-order valence-corrected chi connectivity index (χ4v) is 4.35. The fraction of sp³-hybridized carbons (Fsp3) is 0.571. The van der Waals surface area contributed by atoms with Gasteiger partial charge in [-0.1, -0.05) is 86.7 Å². The molecule has 0 saturated heterocycles. The zero-order chi connectivity index (χ0) is 20.4. The van der Waals surface area contributed by atoms with E-state index >= 15 is 0 Å². The monoisotopic (exact) mass is 410 g/mol. The Bertz CT molecular complexity index is 737. The Morgan fingerprint density at radius 1 is 0.667 bits per heavy atom. The van der Waals surface area contributed by atoms with Gasteiger partial charge in [0.25, 0.3) is 0 Å². The van der Waals surface area contributed by atoms with E-state index in [0.717, 1.165) is 13.1 Å². The highest BCUT2D eigenvalue weighted by Gasteiger charge is 2.22. The van der Waals surface area contributed by atoms with Crippen LogP contribution in [0.15, 0.2) is 36.4 Å². The van der Waals surface area contributed by atoms with Crippen molar-refractivity contribution in [3.63, 3.8) is 0 Å². The molecule has 2 aromatic carbocycles. The third-order valence-corrected chi connectivity index (χ3v) is 5.79. The molecule has 2 aromatic rings. The van der Waals surface area contributed by atoms with E-state index in [1.807, 2.05) is 0 Å². The Morgan fingerprint density at radius 2 is 1.23 bits per heavy atom. The minimum atomic E-state index is 0. The standard InChI is InChI=1S/2C13H19N.2CH4/c1-13(2,3)11-7-4-8-12-10(11)6-5-9-14-12;1-13(2,3)11-8-4-6-10-7-5-9-14-12(10)11;;/h4,7-8,14H,5-6,9H2,1-3H3;4,6,8,14H,5,7,9H2,1-3H3;2*1H4. The number of anilines is 2. The van der Waals surface area contributed by atoms with Crippen molar-refractivity contribution < 1.29 is 0 Å². The van der Waals surface area contributed by atoms with Crippen LogP contribution in [0.1, 0.15) is 91.5 Å². The number of rotatable bonds is 0. The van der Waals surface area contributed by atoms with Crippen molar-refractivity contribution in [2.45, 2.75) is 92.9 Å². The van der Waals surface area contributed by atoms with E-state index in [9.17, 15) is 0 Å². The van der Waals surface area contributed by atoms with Crippen molar-refractivity contribution in [1.82, 2.24) is 0 Å². The van der Waals surface area contributed by atoms with Gasteiger partial charge in [-0.2, -0.15) is 0 Å². The van der Waals surface area contributed by atoms with Crippen LogP contribution in [0.25, 0.3) is 0 Å². The highest BCUT2D eigenvalue weighted by atomic mass is 14.9. The van der Waals surface area contributed by atoms with E-state index in [1.165, 1.54) is 59.3 Å². The molecule has 0 aromatic heterocycles. The number of para-hydroxylation sites is 1. The van der Waals surface area contributed by atoms with Gasteiger partial charge >= 0.3 is 0 Å². The minimum absolute atomic E-state index is 0. The van der Waals surface area contributed by atoms with Crippen molar-refractivity contribution in [3.8, 4) is 0 Å². The van der Waals surface area contributed by atoms with Crippen LogP contribution in [0.2, 0.25) is 0 Å². The number of hydrogen-bond donors (Lipinski definition) is 2. The molecule has 0 bridgehead atoms. The van der Waals surface area contributed by atoms with E-state index < -0.39 is 0 Å². The summed E-state index contributed by atoms with van der Waals surface area (Å²) in [5, 5.41) is 7.01. The van der Waals surface area contributed by atoms with Crippen LogP contribution in [0.3, 0.4) is 0 Å². The maximum absolute atomic E-state index is 3.54. The number of fused-ring (bicyclic) bond motifs is 2. The van der Waals surface area contributed by atoms with Crippen molar-refractivity contribution in [2.24, 2.45) is 0 Å². The van der Waals surface area contributed by atoms with Crippen molar-refractivity contribution >= 4 is 11.4 Å². The van der Waals surface area contributed by atoms with E-state index in [-0.39, 0.29) is 25.7 Å². The average molecular weight is 411 g/mol. The van der Waals surface area contributed by atoms with E-state index in [2.05, 4.69) is 88.6 Å². The predicted octanol–water partition coefficient (Wildman–Crippen LogP) is 7.96. The molecule has 0 amide bonds. The summed E-state index contributed by atoms with van der Waals surface area (Å²) in [7, 11) is 0. The summed E-state index contributed by atoms with van der Waals surface area (Å²) in [6.45, 7) is 15.9. The Balaban J connectivity index is 0.000000281. The van der Waals surface area contributed by atoms with Crippen LogP contribution < -0.4 is 10.6 Å². The Kier molecular flexibility index (Phi) is 9.02. The number of aryl methyl sites for hydroxylation is 1. The third kappa shape index (κ3) is 6.03. The summed E-state index contributed by atoms with van der Waals surface area (Å²) in [6.07, 6.45) is 4.99. The van der Waals surface area contributed by atoms with Crippen molar-refractivity contribution in [3.05, 3.63) is 58.7 Å². The van der Waals surface area contributed by atoms with Gasteiger partial charge in [-0.3, -0.25) is 0 Å². The third-order valence-electron chi connectivity index (χ3n) is 5.79. The summed E-state index contributed by atoms with van der Waals surface area (Å²) >= 11 is 0. The van der Waals surface area contributed by atoms with Gasteiger partial charge in [0, 0.05) is 24.5 Å². The van der Waals surface area contributed by atoms with Crippen LogP contribution in [0.4, 0.5) is 11.4 Å². The molecule has 0 fully saturated rings. The largest absolute Gasteiger partial charge is 0.385 e. The summed E-state index contributed by atoms with van der Waals surface area (Å²) in [5.74, 6) is 0. The van der Waals surface area contributed by atoms with Crippen molar-refractivity contribution in [2.75, 3.05) is 23.7 Å². The normalized spacial score (nSPS) is 14.9. The van der Waals surface area contributed by atoms with Gasteiger partial charge in [0.05, 0.1) is 0 Å². The zero-order valence-electron chi connectivity index (χ0n) is 18.7. The second-order valence-electron chi connectivity index (χ2n) is 10.2. The molecule has 30 heavy (non-hydrogen) atoms. The maximum Gasteiger partial charge on any atom is 0.0410 e. The molecule has 0 saturated carbocycles. The van der Waals surface area contributed by atoms with Gasteiger partial charge in [-0.05, 0) is 64.8 Å². The predicted molar refractivity (Wildman–Crippen MR) is 137 cm³/mol. The highest BCUT2D eigenvalue weighted by Crippen LogP contribution is 2.34. The molecule has 0 spiro atoms. The van der Waals surface area contributed by atoms with E-state index in [1.54, 1.807) is 0 Å². The number of hydrogen-bond acceptors (Lipinski definition) is 2. The van der Waals surface area contributed by atoms with Gasteiger partial charge in [0.15, 0.2) is 0 Å². The molecular formula is C28H46N2. The molecule has 2 N–H and O–H groups in total. The Morgan fingerprint density at radius 3 is 1.90 bits per heavy atom. The molecule has 0 unspecified atom stereocenters. The first-order chi connectivity index (χ1) is 13.2. The van der Waals surface area contributed by atoms with Gasteiger partial charge in [0.1, 0.15) is 0 Å². The number of nitrogens with one attached hydrogen (secondary N) is 2. The first-order valence-electron chi connectivity index (χ1n) is 10.9. The van der Waals surface area contributed by atoms with Crippen LogP contribution in [0, 0.1) is 0 Å². The quantitative estimate of drug-likeness (QED) is 0.460. The van der Waals surface area contributed by atoms with Crippen LogP contribution >= 0.6 is 0 Å². The van der Waals surface area contributed by atoms with Crippen LogP contribution in [0.5, 0.6) is 0 Å². The summed E-state index contributed by atoms with van der Waals surface area (Å²) in [4.78, 5) is 0. The van der Waals surface area contributed by atoms with E-state index in [4.69, 9.17) is 0 Å². The fourth-order valence-electron chi connectivity index (χ4n) is 4.35. The lowest BCUT2D eigenvalue weighted by molar-refractivity contribution is 0.579. The molecule has 4 rings (SSSR count). The smallest absolute Gasteiger partial charge is 0.0410 e. The highest BCUT2D eigenvalue weighted by molar-refractivity contribution is 5.61. The van der Waals surface area contributed by atoms with Crippen molar-refractivity contribution in [1.29, 1.82) is 0 Å². The second-order valence-corrected chi connectivity index (χ2v) is 10.2. The minimum Gasteiger partial charge on any atom is -0.385 e. The van der Waals surface area contributed by atoms with Gasteiger partial charge in [-0.25, -0.2) is 0 Å². The molecule has 2 heterocycles. The first kappa shape index (κ1) is 26.1. The topological polar surface area (TPSA) is 24.1 Å². The maximum atomic E-state index is 3.54. The second kappa shape index (κ2) is 10.4. The van der Waals surface area contributed by atoms with E-state index in [0.29, 0.717) is 0 Å². The number of benzene rings is 2. The molecule has 2 aliphatic heterocycles. The lowest BCUT2D eigenvalue weighted by Crippen LogP contribution is -2.19. The van der Waals surface area contributed by atoms with Gasteiger partial charge in [-0.15, -0.1) is 0 Å². The lowest BCUT2D eigenvalue weighted by Gasteiger charge is -2.28. The summed E-state index contributed by atoms with van der Waals surface area (Å²) in [5.41, 5.74) is 9.24. The summed E-state index contributed by atoms with van der Waals surface area (Å²) < 4.78 is 0. The summed E-state index contributed by atoms with van der Waals surface area (Å²) in [6, 6.07) is 13.3. The SMILES string of the molecule is C.C.CC(C)(C)c1cccc2c1CCCN2.CC(C)(C)c1cccc2c1NCCC2. The Labute approximate surface area is 186 Å². The molecule has 2 aliphatic rings. The van der Waals surface area contributed by atoms with Crippen LogP contribution in [-0.2, 0) is 23.7 Å². The molecule has 0 radical (unpaired) electrons. The first-order valence-corrected chi connectivity index (χ1v) is 10.9. The zero-order valence-corrected chi connectivity index (χ0v) is 18.7. The molecule has 0 atom stereocenters. The average Bonchev–Trinajstić information content (AvgIpc) is 2.66. The molecule has 0 aliphatic carbocycles. The molecule has 2 nitrogen and oxygen atoms in total. The Hall–Kier alpha value is -1.96.